The van der Waals surface area contributed by atoms with Gasteiger partial charge in [0.1, 0.15) is 0 Å². The highest BCUT2D eigenvalue weighted by Crippen LogP contribution is 2.47. The van der Waals surface area contributed by atoms with Gasteiger partial charge in [-0.25, -0.2) is 15.0 Å². The zero-order valence-corrected chi connectivity index (χ0v) is 31.5. The maximum absolute atomic E-state index is 5.36. The minimum atomic E-state index is 0.643. The van der Waals surface area contributed by atoms with Crippen molar-refractivity contribution in [1.82, 2.24) is 15.0 Å². The molecule has 10 aromatic carbocycles. The predicted octanol–water partition coefficient (Wildman–Crippen LogP) is 14.7. The lowest BCUT2D eigenvalue weighted by Gasteiger charge is -2.13. The van der Waals surface area contributed by atoms with E-state index in [-0.39, 0.29) is 0 Å². The molecule has 57 heavy (non-hydrogen) atoms. The first-order valence-corrected chi connectivity index (χ1v) is 20.1. The third kappa shape index (κ3) is 5.22. The summed E-state index contributed by atoms with van der Waals surface area (Å²) in [5, 5.41) is 14.6. The number of aromatic nitrogens is 3. The summed E-state index contributed by atoms with van der Waals surface area (Å²) in [6.45, 7) is 0. The number of nitrogens with zero attached hydrogens (tertiary/aromatic N) is 3. The van der Waals surface area contributed by atoms with Crippen LogP contribution < -0.4 is 0 Å². The van der Waals surface area contributed by atoms with Gasteiger partial charge in [0.25, 0.3) is 0 Å². The Hall–Kier alpha value is -7.27. The van der Waals surface area contributed by atoms with Crippen molar-refractivity contribution in [1.29, 1.82) is 0 Å². The van der Waals surface area contributed by atoms with E-state index in [1.807, 2.05) is 11.3 Å². The lowest BCUT2D eigenvalue weighted by Crippen LogP contribution is -2.00. The summed E-state index contributed by atoms with van der Waals surface area (Å²) < 4.78 is 2.53. The first-order chi connectivity index (χ1) is 28.2. The highest BCUT2D eigenvalue weighted by atomic mass is 32.1. The van der Waals surface area contributed by atoms with Crippen molar-refractivity contribution in [3.05, 3.63) is 188 Å². The van der Waals surface area contributed by atoms with Crippen LogP contribution in [0.15, 0.2) is 188 Å². The molecule has 2 aromatic heterocycles. The molecule has 0 aliphatic heterocycles. The Labute approximate surface area is 332 Å². The number of fused-ring (bicyclic) bond motifs is 11. The molecule has 0 spiro atoms. The first kappa shape index (κ1) is 32.0. The van der Waals surface area contributed by atoms with E-state index in [4.69, 9.17) is 15.0 Å². The number of thiophene rings is 1. The van der Waals surface area contributed by atoms with Crippen LogP contribution in [0.2, 0.25) is 0 Å². The van der Waals surface area contributed by atoms with E-state index in [2.05, 4.69) is 188 Å². The van der Waals surface area contributed by atoms with Gasteiger partial charge in [-0.3, -0.25) is 0 Å². The fourth-order valence-electron chi connectivity index (χ4n) is 8.60. The summed E-state index contributed by atoms with van der Waals surface area (Å²) in [6, 6.07) is 67.4. The molecular weight excluding hydrogens is 711 g/mol. The van der Waals surface area contributed by atoms with Crippen LogP contribution in [0.4, 0.5) is 0 Å². The second kappa shape index (κ2) is 12.6. The molecule has 12 aromatic rings. The van der Waals surface area contributed by atoms with E-state index >= 15 is 0 Å². The molecule has 0 saturated heterocycles. The van der Waals surface area contributed by atoms with Gasteiger partial charge in [-0.1, -0.05) is 170 Å². The molecule has 0 aliphatic rings. The molecule has 4 heteroatoms. The van der Waals surface area contributed by atoms with Crippen molar-refractivity contribution in [3.63, 3.8) is 0 Å². The molecule has 264 valence electrons. The van der Waals surface area contributed by atoms with Gasteiger partial charge < -0.3 is 0 Å². The molecule has 0 atom stereocenters. The van der Waals surface area contributed by atoms with Gasteiger partial charge in [0.05, 0.1) is 0 Å². The summed E-state index contributed by atoms with van der Waals surface area (Å²) >= 11 is 1.88. The van der Waals surface area contributed by atoms with Gasteiger partial charge in [-0.15, -0.1) is 11.3 Å². The van der Waals surface area contributed by atoms with Crippen LogP contribution in [-0.2, 0) is 0 Å². The van der Waals surface area contributed by atoms with Crippen LogP contribution in [0.3, 0.4) is 0 Å². The van der Waals surface area contributed by atoms with Crippen molar-refractivity contribution in [2.75, 3.05) is 0 Å². The second-order valence-electron chi connectivity index (χ2n) is 14.8. The number of hydrogen-bond donors (Lipinski definition) is 0. The van der Waals surface area contributed by atoms with Crippen LogP contribution in [0, 0.1) is 0 Å². The number of benzene rings is 10. The topological polar surface area (TPSA) is 38.7 Å². The molecule has 0 N–H and O–H groups in total. The monoisotopic (exact) mass is 741 g/mol. The fourth-order valence-corrected chi connectivity index (χ4v) is 10.0. The van der Waals surface area contributed by atoms with Crippen LogP contribution >= 0.6 is 11.3 Å². The summed E-state index contributed by atoms with van der Waals surface area (Å²) in [6.07, 6.45) is 0. The molecule has 0 amide bonds. The lowest BCUT2D eigenvalue weighted by molar-refractivity contribution is 1.08. The largest absolute Gasteiger partial charge is 0.208 e. The molecule has 0 bridgehead atoms. The van der Waals surface area contributed by atoms with E-state index in [1.165, 1.54) is 74.2 Å². The molecule has 0 radical (unpaired) electrons. The molecule has 0 saturated carbocycles. The van der Waals surface area contributed by atoms with Gasteiger partial charge in [-0.05, 0) is 77.8 Å². The van der Waals surface area contributed by atoms with Crippen molar-refractivity contribution in [2.24, 2.45) is 0 Å². The zero-order chi connectivity index (χ0) is 37.5. The molecule has 0 aliphatic carbocycles. The first-order valence-electron chi connectivity index (χ1n) is 19.3. The van der Waals surface area contributed by atoms with E-state index in [9.17, 15) is 0 Å². The van der Waals surface area contributed by atoms with Gasteiger partial charge in [0.15, 0.2) is 17.5 Å². The number of rotatable bonds is 4. The Bertz CT molecular complexity index is 3580. The fraction of sp³-hybridized carbons (Fsp3) is 0. The predicted molar refractivity (Wildman–Crippen MR) is 242 cm³/mol. The molecule has 2 heterocycles. The number of hydrogen-bond acceptors (Lipinski definition) is 4. The quantitative estimate of drug-likeness (QED) is 0.169. The average Bonchev–Trinajstić information content (AvgIpc) is 3.68. The second-order valence-corrected chi connectivity index (χ2v) is 15.8. The zero-order valence-electron chi connectivity index (χ0n) is 30.6. The standard InChI is InChI=1S/C53H31N3S/c1-3-13-38-29-40(24-19-32(38)9-1)34-17-22-37(23-18-34)51-54-52(42-26-20-33-10-2-4-14-39(33)30-42)56-53(55-51)46-31-41-25-21-35-11-5-7-15-43(35)47(41)50-48(46)45-28-27-36-12-6-8-16-44(36)49(45)57-50/h1-31H. The minimum absolute atomic E-state index is 0.643. The van der Waals surface area contributed by atoms with Crippen LogP contribution in [-0.4, -0.2) is 15.0 Å². The summed E-state index contributed by atoms with van der Waals surface area (Å²) in [4.78, 5) is 15.9. The van der Waals surface area contributed by atoms with Crippen molar-refractivity contribution < 1.29 is 0 Å². The average molecular weight is 742 g/mol. The molecule has 12 rings (SSSR count). The smallest absolute Gasteiger partial charge is 0.164 e. The van der Waals surface area contributed by atoms with Crippen LogP contribution in [0.25, 0.3) is 119 Å². The van der Waals surface area contributed by atoms with E-state index < -0.39 is 0 Å². The Morgan fingerprint density at radius 3 is 1.51 bits per heavy atom. The highest BCUT2D eigenvalue weighted by molar-refractivity contribution is 7.27. The van der Waals surface area contributed by atoms with Gasteiger partial charge >= 0.3 is 0 Å². The van der Waals surface area contributed by atoms with Crippen LogP contribution in [0.5, 0.6) is 0 Å². The van der Waals surface area contributed by atoms with E-state index in [1.54, 1.807) is 0 Å². The maximum atomic E-state index is 5.36. The summed E-state index contributed by atoms with van der Waals surface area (Å²) in [5.41, 5.74) is 5.23. The van der Waals surface area contributed by atoms with Crippen molar-refractivity contribution in [2.45, 2.75) is 0 Å². The van der Waals surface area contributed by atoms with E-state index in [0.29, 0.717) is 17.5 Å². The normalized spacial score (nSPS) is 11.9. The van der Waals surface area contributed by atoms with Crippen LogP contribution in [0.1, 0.15) is 0 Å². The van der Waals surface area contributed by atoms with Crippen molar-refractivity contribution >= 4 is 85.4 Å². The highest BCUT2D eigenvalue weighted by Gasteiger charge is 2.21. The molecular formula is C53H31N3S. The van der Waals surface area contributed by atoms with Gasteiger partial charge in [-0.2, -0.15) is 0 Å². The Morgan fingerprint density at radius 1 is 0.281 bits per heavy atom. The maximum Gasteiger partial charge on any atom is 0.164 e. The summed E-state index contributed by atoms with van der Waals surface area (Å²) in [7, 11) is 0. The third-order valence-electron chi connectivity index (χ3n) is 11.4. The Kier molecular flexibility index (Phi) is 7.10. The Morgan fingerprint density at radius 2 is 0.772 bits per heavy atom. The van der Waals surface area contributed by atoms with Gasteiger partial charge in [0, 0.05) is 42.2 Å². The van der Waals surface area contributed by atoms with Gasteiger partial charge in [0.2, 0.25) is 0 Å². The molecule has 0 unspecified atom stereocenters. The summed E-state index contributed by atoms with van der Waals surface area (Å²) in [5.74, 6) is 1.95. The molecule has 3 nitrogen and oxygen atoms in total. The SMILES string of the molecule is c1ccc2cc(-c3ccc(-c4nc(-c5ccc6ccccc6c5)nc(-c5cc6ccc7ccccc7c6c6sc7c8ccccc8ccc7c56)n4)cc3)ccc2c1. The lowest BCUT2D eigenvalue weighted by atomic mass is 9.95. The Balaban J connectivity index is 1.12. The third-order valence-corrected chi connectivity index (χ3v) is 12.7. The minimum Gasteiger partial charge on any atom is -0.208 e. The van der Waals surface area contributed by atoms with Crippen molar-refractivity contribution in [3.8, 4) is 45.3 Å². The van der Waals surface area contributed by atoms with E-state index in [0.717, 1.165) is 27.6 Å². The molecule has 0 fully saturated rings.